The van der Waals surface area contributed by atoms with Crippen LogP contribution in [0.3, 0.4) is 0 Å². The summed E-state index contributed by atoms with van der Waals surface area (Å²) in [5.41, 5.74) is 6.04. The zero-order chi connectivity index (χ0) is 15.7. The molecule has 1 aromatic carbocycles. The van der Waals surface area contributed by atoms with Crippen LogP contribution in [0, 0.1) is 0 Å². The van der Waals surface area contributed by atoms with Gasteiger partial charge in [0.1, 0.15) is 17.7 Å². The van der Waals surface area contributed by atoms with Crippen LogP contribution < -0.4 is 0 Å². The number of ether oxygens (including phenoxy) is 1. The number of halogens is 1. The first kappa shape index (κ1) is 14.8. The van der Waals surface area contributed by atoms with Crippen LogP contribution >= 0.6 is 0 Å². The van der Waals surface area contributed by atoms with Gasteiger partial charge < -0.3 is 4.74 Å². The Morgan fingerprint density at radius 2 is 2.18 bits per heavy atom. The van der Waals surface area contributed by atoms with Crippen molar-refractivity contribution < 1.29 is 9.13 Å². The molecule has 1 nitrogen and oxygen atoms in total. The molecule has 0 N–H and O–H groups in total. The highest BCUT2D eigenvalue weighted by atomic mass is 19.1. The Morgan fingerprint density at radius 1 is 1.41 bits per heavy atom. The number of rotatable bonds is 3. The van der Waals surface area contributed by atoms with Crippen LogP contribution in [0.15, 0.2) is 65.7 Å². The molecule has 0 fully saturated rings. The Hall–Kier alpha value is -2.09. The van der Waals surface area contributed by atoms with Crippen molar-refractivity contribution >= 4 is 5.57 Å². The molecule has 0 saturated carbocycles. The second-order valence-corrected chi connectivity index (χ2v) is 5.92. The van der Waals surface area contributed by atoms with Crippen molar-refractivity contribution in [3.63, 3.8) is 0 Å². The van der Waals surface area contributed by atoms with Crippen molar-refractivity contribution in [2.75, 3.05) is 0 Å². The summed E-state index contributed by atoms with van der Waals surface area (Å²) in [6, 6.07) is 8.45. The van der Waals surface area contributed by atoms with E-state index in [0.717, 1.165) is 36.2 Å². The van der Waals surface area contributed by atoms with Crippen LogP contribution in [0.25, 0.3) is 5.57 Å². The van der Waals surface area contributed by atoms with Gasteiger partial charge in [0.15, 0.2) is 0 Å². The molecule has 1 unspecified atom stereocenters. The molecule has 114 valence electrons. The lowest BCUT2D eigenvalue weighted by Crippen LogP contribution is -2.05. The lowest BCUT2D eigenvalue weighted by atomic mass is 9.94. The molecule has 0 radical (unpaired) electrons. The highest BCUT2D eigenvalue weighted by Crippen LogP contribution is 2.42. The van der Waals surface area contributed by atoms with Crippen molar-refractivity contribution in [1.29, 1.82) is 0 Å². The molecular weight excluding hydrogens is 275 g/mol. The Labute approximate surface area is 131 Å². The molecule has 1 atom stereocenters. The zero-order valence-electron chi connectivity index (χ0n) is 13.2. The molecule has 2 heteroatoms. The maximum absolute atomic E-state index is 13.0. The maximum atomic E-state index is 13.0. The van der Waals surface area contributed by atoms with Crippen LogP contribution in [0.4, 0.5) is 4.39 Å². The van der Waals surface area contributed by atoms with Gasteiger partial charge in [-0.25, -0.2) is 4.39 Å². The van der Waals surface area contributed by atoms with E-state index in [4.69, 9.17) is 4.74 Å². The van der Waals surface area contributed by atoms with Crippen molar-refractivity contribution in [1.82, 2.24) is 0 Å². The fourth-order valence-corrected chi connectivity index (χ4v) is 3.20. The average molecular weight is 296 g/mol. The highest BCUT2D eigenvalue weighted by molar-refractivity contribution is 5.77. The summed E-state index contributed by atoms with van der Waals surface area (Å²) in [7, 11) is 0. The van der Waals surface area contributed by atoms with Gasteiger partial charge in [-0.1, -0.05) is 43.8 Å². The van der Waals surface area contributed by atoms with Crippen molar-refractivity contribution in [2.45, 2.75) is 39.2 Å². The van der Waals surface area contributed by atoms with Crippen molar-refractivity contribution in [3.8, 4) is 0 Å². The molecule has 2 aliphatic rings. The van der Waals surface area contributed by atoms with E-state index in [-0.39, 0.29) is 6.10 Å². The Morgan fingerprint density at radius 3 is 2.91 bits per heavy atom. The van der Waals surface area contributed by atoms with Gasteiger partial charge in [0, 0.05) is 12.0 Å². The summed E-state index contributed by atoms with van der Waals surface area (Å²) in [4.78, 5) is 0. The molecule has 1 aromatic rings. The van der Waals surface area contributed by atoms with Crippen LogP contribution in [-0.4, -0.2) is 6.10 Å². The molecule has 1 aliphatic carbocycles. The molecule has 0 bridgehead atoms. The normalized spacial score (nSPS) is 20.8. The van der Waals surface area contributed by atoms with E-state index in [0.29, 0.717) is 0 Å². The van der Waals surface area contributed by atoms with Gasteiger partial charge in [-0.15, -0.1) is 0 Å². The summed E-state index contributed by atoms with van der Waals surface area (Å²) in [6.07, 6.45) is 6.24. The fraction of sp³-hybridized carbons (Fsp3) is 0.300. The minimum atomic E-state index is -0.425. The molecule has 22 heavy (non-hydrogen) atoms. The van der Waals surface area contributed by atoms with Crippen LogP contribution in [-0.2, 0) is 11.2 Å². The summed E-state index contributed by atoms with van der Waals surface area (Å²) >= 11 is 0. The summed E-state index contributed by atoms with van der Waals surface area (Å²) < 4.78 is 19.2. The quantitative estimate of drug-likeness (QED) is 0.668. The highest BCUT2D eigenvalue weighted by Gasteiger charge is 2.30. The first-order chi connectivity index (χ1) is 10.6. The molecule has 0 amide bonds. The van der Waals surface area contributed by atoms with E-state index in [1.54, 1.807) is 0 Å². The van der Waals surface area contributed by atoms with E-state index in [9.17, 15) is 4.39 Å². The first-order valence-electron chi connectivity index (χ1n) is 7.80. The molecular formula is C20H21FO. The largest absolute Gasteiger partial charge is 0.489 e. The minimum Gasteiger partial charge on any atom is -0.489 e. The standard InChI is InChI=1S/C20H21FO/c1-4-17-12-19-18-8-6-5-7-16(18)11-15(10-9-13(2)21)14(3)20(19)22-17/h5-10,17H,2,4,11-12H2,1,3H3/b10-9-. The molecule has 1 aliphatic heterocycles. The molecule has 0 spiro atoms. The van der Waals surface area contributed by atoms with Gasteiger partial charge in [-0.05, 0) is 48.1 Å². The van der Waals surface area contributed by atoms with E-state index in [1.165, 1.54) is 22.8 Å². The summed E-state index contributed by atoms with van der Waals surface area (Å²) in [5.74, 6) is 0.562. The summed E-state index contributed by atoms with van der Waals surface area (Å²) in [6.45, 7) is 7.52. The number of allylic oxidation sites excluding steroid dienone is 5. The lowest BCUT2D eigenvalue weighted by Gasteiger charge is -2.14. The second-order valence-electron chi connectivity index (χ2n) is 5.92. The Bertz CT molecular complexity index is 706. The monoisotopic (exact) mass is 296 g/mol. The van der Waals surface area contributed by atoms with E-state index >= 15 is 0 Å². The smallest absolute Gasteiger partial charge is 0.126 e. The fourth-order valence-electron chi connectivity index (χ4n) is 3.20. The average Bonchev–Trinajstić information content (AvgIpc) is 2.91. The van der Waals surface area contributed by atoms with Gasteiger partial charge in [0.05, 0.1) is 0 Å². The van der Waals surface area contributed by atoms with Crippen molar-refractivity contribution in [2.24, 2.45) is 0 Å². The number of hydrogen-bond donors (Lipinski definition) is 0. The molecule has 0 aromatic heterocycles. The van der Waals surface area contributed by atoms with Gasteiger partial charge in [0.25, 0.3) is 0 Å². The maximum Gasteiger partial charge on any atom is 0.126 e. The number of hydrogen-bond acceptors (Lipinski definition) is 1. The Kier molecular flexibility index (Phi) is 4.02. The first-order valence-corrected chi connectivity index (χ1v) is 7.80. The van der Waals surface area contributed by atoms with Crippen LogP contribution in [0.2, 0.25) is 0 Å². The van der Waals surface area contributed by atoms with E-state index in [2.05, 4.69) is 44.7 Å². The predicted octanol–water partition coefficient (Wildman–Crippen LogP) is 5.51. The van der Waals surface area contributed by atoms with Gasteiger partial charge in [-0.3, -0.25) is 0 Å². The SMILES string of the molecule is C=C(F)/C=C\C1=C(C)C2=C(CC(CC)O2)c2ccccc2C1. The predicted molar refractivity (Wildman–Crippen MR) is 88.9 cm³/mol. The van der Waals surface area contributed by atoms with Crippen LogP contribution in [0.5, 0.6) is 0 Å². The third kappa shape index (κ3) is 2.66. The van der Waals surface area contributed by atoms with Crippen LogP contribution in [0.1, 0.15) is 37.8 Å². The second kappa shape index (κ2) is 5.96. The number of benzene rings is 1. The molecule has 0 saturated heterocycles. The number of fused-ring (bicyclic) bond motifs is 2. The van der Waals surface area contributed by atoms with Crippen molar-refractivity contribution in [3.05, 3.63) is 76.9 Å². The van der Waals surface area contributed by atoms with E-state index in [1.807, 2.05) is 6.08 Å². The minimum absolute atomic E-state index is 0.243. The molecule has 1 heterocycles. The third-order valence-electron chi connectivity index (χ3n) is 4.46. The third-order valence-corrected chi connectivity index (χ3v) is 4.46. The lowest BCUT2D eigenvalue weighted by molar-refractivity contribution is 0.145. The van der Waals surface area contributed by atoms with Gasteiger partial charge >= 0.3 is 0 Å². The van der Waals surface area contributed by atoms with Gasteiger partial charge in [0.2, 0.25) is 0 Å². The van der Waals surface area contributed by atoms with Gasteiger partial charge in [-0.2, -0.15) is 0 Å². The van der Waals surface area contributed by atoms with E-state index < -0.39 is 5.83 Å². The Balaban J connectivity index is 2.12. The summed E-state index contributed by atoms with van der Waals surface area (Å²) in [5, 5.41) is 0. The molecule has 3 rings (SSSR count). The topological polar surface area (TPSA) is 9.23 Å². The zero-order valence-corrected chi connectivity index (χ0v) is 13.2.